The number of rotatable bonds is 8. The van der Waals surface area contributed by atoms with Crippen LogP contribution in [0.5, 0.6) is 5.75 Å². The van der Waals surface area contributed by atoms with Crippen molar-refractivity contribution < 1.29 is 23.9 Å². The molecule has 0 bridgehead atoms. The number of benzene rings is 2. The van der Waals surface area contributed by atoms with E-state index in [1.165, 1.54) is 18.4 Å². The summed E-state index contributed by atoms with van der Waals surface area (Å²) in [6, 6.07) is 15.4. The van der Waals surface area contributed by atoms with Gasteiger partial charge in [0.05, 0.1) is 31.3 Å². The number of hydrogen-bond acceptors (Lipinski definition) is 7. The first-order chi connectivity index (χ1) is 17.5. The molecule has 2 heterocycles. The first kappa shape index (κ1) is 25.4. The van der Waals surface area contributed by atoms with Crippen LogP contribution in [0.3, 0.4) is 0 Å². The average molecular weight is 508 g/mol. The van der Waals surface area contributed by atoms with E-state index in [4.69, 9.17) is 4.74 Å². The Labute approximate surface area is 214 Å². The van der Waals surface area contributed by atoms with Gasteiger partial charge in [-0.05, 0) is 30.5 Å². The summed E-state index contributed by atoms with van der Waals surface area (Å²) in [7, 11) is 2.91. The maximum absolute atomic E-state index is 13.1. The quantitative estimate of drug-likeness (QED) is 0.443. The zero-order valence-corrected chi connectivity index (χ0v) is 21.2. The number of esters is 1. The molecule has 0 spiro atoms. The first-order valence-corrected chi connectivity index (χ1v) is 12.7. The van der Waals surface area contributed by atoms with Crippen LogP contribution in [0.25, 0.3) is 11.1 Å². The molecule has 1 fully saturated rings. The molecule has 4 rings (SSSR count). The highest BCUT2D eigenvalue weighted by atomic mass is 32.1. The number of thiazole rings is 1. The van der Waals surface area contributed by atoms with Crippen LogP contribution in [0.2, 0.25) is 0 Å². The topological polar surface area (TPSA) is 97.8 Å². The van der Waals surface area contributed by atoms with Crippen molar-refractivity contribution in [3.05, 3.63) is 64.6 Å². The van der Waals surface area contributed by atoms with Gasteiger partial charge in [0.1, 0.15) is 11.4 Å². The number of amides is 2. The SMILES string of the molecule is COC(=O)CCC(=O)N1CCC(c2nc(C(=O)Nc3cc(OC)ccc3-c3ccccc3)cs2)CC1. The van der Waals surface area contributed by atoms with Crippen molar-refractivity contribution in [2.75, 3.05) is 32.6 Å². The monoisotopic (exact) mass is 507 g/mol. The van der Waals surface area contributed by atoms with E-state index in [2.05, 4.69) is 15.0 Å². The smallest absolute Gasteiger partial charge is 0.306 e. The maximum atomic E-state index is 13.1. The van der Waals surface area contributed by atoms with Gasteiger partial charge in [-0.25, -0.2) is 4.98 Å². The highest BCUT2D eigenvalue weighted by Gasteiger charge is 2.26. The Kier molecular flexibility index (Phi) is 8.32. The molecule has 188 valence electrons. The van der Waals surface area contributed by atoms with E-state index in [1.807, 2.05) is 42.5 Å². The number of piperidine rings is 1. The van der Waals surface area contributed by atoms with Crippen molar-refractivity contribution in [1.82, 2.24) is 9.88 Å². The Hall–Kier alpha value is -3.72. The predicted octanol–water partition coefficient (Wildman–Crippen LogP) is 4.73. The van der Waals surface area contributed by atoms with Gasteiger partial charge in [0.15, 0.2) is 0 Å². The van der Waals surface area contributed by atoms with Crippen LogP contribution in [0, 0.1) is 0 Å². The third-order valence-corrected chi connectivity index (χ3v) is 7.29. The number of carbonyl (C=O) groups is 3. The summed E-state index contributed by atoms with van der Waals surface area (Å²) in [4.78, 5) is 43.1. The van der Waals surface area contributed by atoms with Crippen molar-refractivity contribution in [1.29, 1.82) is 0 Å². The molecule has 0 atom stereocenters. The standard InChI is InChI=1S/C27H29N3O5S/c1-34-20-8-9-21(18-6-4-3-5-7-18)22(16-20)28-26(33)23-17-36-27(29-23)19-12-14-30(15-13-19)24(31)10-11-25(32)35-2/h3-9,16-17,19H,10-15H2,1-2H3,(H,28,33). The predicted molar refractivity (Wildman–Crippen MR) is 138 cm³/mol. The molecule has 2 amide bonds. The molecular formula is C27H29N3O5S. The Morgan fingerprint density at radius 1 is 1.06 bits per heavy atom. The van der Waals surface area contributed by atoms with Crippen LogP contribution in [0.1, 0.15) is 47.1 Å². The number of methoxy groups -OCH3 is 2. The highest BCUT2D eigenvalue weighted by molar-refractivity contribution is 7.10. The Balaban J connectivity index is 1.39. The fourth-order valence-corrected chi connectivity index (χ4v) is 5.21. The third kappa shape index (κ3) is 6.09. The largest absolute Gasteiger partial charge is 0.497 e. The van der Waals surface area contributed by atoms with Crippen molar-refractivity contribution in [2.24, 2.45) is 0 Å². The van der Waals surface area contributed by atoms with E-state index in [1.54, 1.807) is 23.5 Å². The number of anilines is 1. The molecule has 36 heavy (non-hydrogen) atoms. The fourth-order valence-electron chi connectivity index (χ4n) is 4.23. The Morgan fingerprint density at radius 2 is 1.81 bits per heavy atom. The van der Waals surface area contributed by atoms with E-state index < -0.39 is 0 Å². The molecule has 8 nitrogen and oxygen atoms in total. The summed E-state index contributed by atoms with van der Waals surface area (Å²) < 4.78 is 9.97. The van der Waals surface area contributed by atoms with Gasteiger partial charge >= 0.3 is 5.97 Å². The average Bonchev–Trinajstić information content (AvgIpc) is 3.42. The fraction of sp³-hybridized carbons (Fsp3) is 0.333. The lowest BCUT2D eigenvalue weighted by Gasteiger charge is -2.31. The van der Waals surface area contributed by atoms with E-state index in [0.29, 0.717) is 30.2 Å². The minimum Gasteiger partial charge on any atom is -0.497 e. The molecule has 9 heteroatoms. The molecule has 0 aliphatic carbocycles. The summed E-state index contributed by atoms with van der Waals surface area (Å²) in [5.74, 6) is 0.148. The van der Waals surface area contributed by atoms with E-state index in [0.717, 1.165) is 29.0 Å². The second kappa shape index (κ2) is 11.8. The second-order valence-electron chi connectivity index (χ2n) is 8.53. The molecule has 0 radical (unpaired) electrons. The van der Waals surface area contributed by atoms with Crippen LogP contribution >= 0.6 is 11.3 Å². The van der Waals surface area contributed by atoms with Crippen LogP contribution in [0.15, 0.2) is 53.9 Å². The van der Waals surface area contributed by atoms with Crippen LogP contribution < -0.4 is 10.1 Å². The number of hydrogen-bond donors (Lipinski definition) is 1. The lowest BCUT2D eigenvalue weighted by Crippen LogP contribution is -2.38. The van der Waals surface area contributed by atoms with Gasteiger partial charge < -0.3 is 19.7 Å². The molecule has 2 aromatic carbocycles. The van der Waals surface area contributed by atoms with Gasteiger partial charge in [0.2, 0.25) is 5.91 Å². The Bertz CT molecular complexity index is 1220. The second-order valence-corrected chi connectivity index (χ2v) is 9.42. The van der Waals surface area contributed by atoms with Crippen molar-refractivity contribution in [3.63, 3.8) is 0 Å². The number of likely N-dealkylation sites (tertiary alicyclic amines) is 1. The van der Waals surface area contributed by atoms with E-state index in [-0.39, 0.29) is 36.5 Å². The zero-order valence-electron chi connectivity index (χ0n) is 20.4. The molecule has 1 aliphatic rings. The van der Waals surface area contributed by atoms with Crippen LogP contribution in [-0.2, 0) is 14.3 Å². The molecule has 0 saturated carbocycles. The van der Waals surface area contributed by atoms with Crippen molar-refractivity contribution in [3.8, 4) is 16.9 Å². The number of ether oxygens (including phenoxy) is 2. The lowest BCUT2D eigenvalue weighted by atomic mass is 9.97. The molecule has 3 aromatic rings. The van der Waals surface area contributed by atoms with Crippen molar-refractivity contribution >= 4 is 34.8 Å². The van der Waals surface area contributed by atoms with E-state index >= 15 is 0 Å². The molecular weight excluding hydrogens is 478 g/mol. The molecule has 0 unspecified atom stereocenters. The van der Waals surface area contributed by atoms with E-state index in [9.17, 15) is 14.4 Å². The highest BCUT2D eigenvalue weighted by Crippen LogP contribution is 2.33. The van der Waals surface area contributed by atoms with Gasteiger partial charge in [-0.15, -0.1) is 11.3 Å². The number of aromatic nitrogens is 1. The molecule has 1 aliphatic heterocycles. The van der Waals surface area contributed by atoms with Gasteiger partial charge in [0, 0.05) is 42.4 Å². The van der Waals surface area contributed by atoms with Gasteiger partial charge in [-0.3, -0.25) is 14.4 Å². The zero-order chi connectivity index (χ0) is 25.5. The summed E-state index contributed by atoms with van der Waals surface area (Å²) in [6.45, 7) is 1.21. The van der Waals surface area contributed by atoms with Crippen LogP contribution in [-0.4, -0.2) is 55.0 Å². The Morgan fingerprint density at radius 3 is 2.50 bits per heavy atom. The third-order valence-electron chi connectivity index (χ3n) is 6.28. The van der Waals surface area contributed by atoms with Crippen LogP contribution in [0.4, 0.5) is 5.69 Å². The van der Waals surface area contributed by atoms with Gasteiger partial charge in [0.25, 0.3) is 5.91 Å². The minimum absolute atomic E-state index is 0.0365. The lowest BCUT2D eigenvalue weighted by molar-refractivity contribution is -0.143. The normalized spacial score (nSPS) is 13.8. The summed E-state index contributed by atoms with van der Waals surface area (Å²) in [5.41, 5.74) is 2.90. The van der Waals surface area contributed by atoms with Gasteiger partial charge in [-0.1, -0.05) is 30.3 Å². The minimum atomic E-state index is -0.378. The summed E-state index contributed by atoms with van der Waals surface area (Å²) in [6.07, 6.45) is 1.80. The number of nitrogens with one attached hydrogen (secondary N) is 1. The number of nitrogens with zero attached hydrogens (tertiary/aromatic N) is 2. The summed E-state index contributed by atoms with van der Waals surface area (Å²) in [5, 5.41) is 5.68. The van der Waals surface area contributed by atoms with Crippen molar-refractivity contribution in [2.45, 2.75) is 31.6 Å². The maximum Gasteiger partial charge on any atom is 0.306 e. The molecule has 1 saturated heterocycles. The molecule has 1 aromatic heterocycles. The molecule has 1 N–H and O–H groups in total. The first-order valence-electron chi connectivity index (χ1n) is 11.8. The number of carbonyl (C=O) groups excluding carboxylic acids is 3. The van der Waals surface area contributed by atoms with Gasteiger partial charge in [-0.2, -0.15) is 0 Å². The summed E-state index contributed by atoms with van der Waals surface area (Å²) >= 11 is 1.47.